The monoisotopic (exact) mass is 679 g/mol. The molecule has 0 saturated heterocycles. The standard InChI is InChI=1S/C30H32BrCl2N3O4S/c1-20-10-16-25(17-11-20)41(39,40)36(27-9-5-8-26(32)29(27)33)19-28(37)35(18-22-12-14-23(31)15-13-22)21(2)30(38)34-24-6-3-4-7-24/h5,8-17,21,24H,3-4,6-7,18-19H2,1-2H3,(H,34,38)/t21-/m1/s1. The number of aryl methyl sites for hydroxylation is 1. The fourth-order valence-electron chi connectivity index (χ4n) is 4.80. The first kappa shape index (κ1) is 31.3. The van der Waals surface area contributed by atoms with Gasteiger partial charge in [-0.3, -0.25) is 13.9 Å². The average molecular weight is 681 g/mol. The van der Waals surface area contributed by atoms with Gasteiger partial charge in [-0.1, -0.05) is 87.9 Å². The Morgan fingerprint density at radius 1 is 1.00 bits per heavy atom. The van der Waals surface area contributed by atoms with Gasteiger partial charge in [0.25, 0.3) is 10.0 Å². The van der Waals surface area contributed by atoms with Crippen molar-refractivity contribution in [2.75, 3.05) is 10.8 Å². The van der Waals surface area contributed by atoms with Crippen molar-refractivity contribution in [2.45, 2.75) is 63.1 Å². The van der Waals surface area contributed by atoms with Gasteiger partial charge in [-0.05, 0) is 68.7 Å². The SMILES string of the molecule is Cc1ccc(S(=O)(=O)N(CC(=O)N(Cc2ccc(Br)cc2)[C@H](C)C(=O)NC2CCCC2)c2cccc(Cl)c2Cl)cc1. The molecule has 1 aliphatic carbocycles. The van der Waals surface area contributed by atoms with Crippen LogP contribution in [0.4, 0.5) is 5.69 Å². The van der Waals surface area contributed by atoms with E-state index in [1.165, 1.54) is 23.1 Å². The predicted octanol–water partition coefficient (Wildman–Crippen LogP) is 6.74. The van der Waals surface area contributed by atoms with Crippen LogP contribution < -0.4 is 9.62 Å². The van der Waals surface area contributed by atoms with Crippen LogP contribution in [0.2, 0.25) is 10.0 Å². The molecular formula is C30H32BrCl2N3O4S. The average Bonchev–Trinajstić information content (AvgIpc) is 3.46. The lowest BCUT2D eigenvalue weighted by Crippen LogP contribution is -2.52. The molecule has 0 aromatic heterocycles. The van der Waals surface area contributed by atoms with E-state index in [0.717, 1.165) is 45.6 Å². The maximum atomic E-state index is 14.1. The van der Waals surface area contributed by atoms with E-state index in [-0.39, 0.29) is 39.1 Å². The van der Waals surface area contributed by atoms with Crippen molar-refractivity contribution in [1.29, 1.82) is 0 Å². The molecule has 0 aliphatic heterocycles. The minimum absolute atomic E-state index is 0.00146. The summed E-state index contributed by atoms with van der Waals surface area (Å²) in [6.07, 6.45) is 3.89. The van der Waals surface area contributed by atoms with E-state index >= 15 is 0 Å². The number of hydrogen-bond acceptors (Lipinski definition) is 4. The van der Waals surface area contributed by atoms with Crippen molar-refractivity contribution < 1.29 is 18.0 Å². The zero-order valence-electron chi connectivity index (χ0n) is 22.8. The third-order valence-corrected chi connectivity index (χ3v) is 10.3. The fourth-order valence-corrected chi connectivity index (χ4v) is 6.93. The van der Waals surface area contributed by atoms with Gasteiger partial charge in [0, 0.05) is 17.1 Å². The van der Waals surface area contributed by atoms with E-state index in [1.54, 1.807) is 31.2 Å². The zero-order valence-corrected chi connectivity index (χ0v) is 26.7. The zero-order chi connectivity index (χ0) is 29.7. The summed E-state index contributed by atoms with van der Waals surface area (Å²) in [5, 5.41) is 3.21. The van der Waals surface area contributed by atoms with Gasteiger partial charge >= 0.3 is 0 Å². The van der Waals surface area contributed by atoms with Gasteiger partial charge in [0.2, 0.25) is 11.8 Å². The third kappa shape index (κ3) is 7.63. The van der Waals surface area contributed by atoms with Gasteiger partial charge < -0.3 is 10.2 Å². The van der Waals surface area contributed by atoms with E-state index in [0.29, 0.717) is 0 Å². The highest BCUT2D eigenvalue weighted by Crippen LogP contribution is 2.35. The molecule has 1 N–H and O–H groups in total. The number of amides is 2. The molecule has 4 rings (SSSR count). The Bertz CT molecular complexity index is 1500. The number of benzene rings is 3. The molecule has 0 radical (unpaired) electrons. The topological polar surface area (TPSA) is 86.8 Å². The molecule has 3 aromatic carbocycles. The van der Waals surface area contributed by atoms with E-state index < -0.39 is 28.5 Å². The van der Waals surface area contributed by atoms with Crippen LogP contribution in [0.3, 0.4) is 0 Å². The second kappa shape index (κ2) is 13.6. The highest BCUT2D eigenvalue weighted by molar-refractivity contribution is 9.10. The van der Waals surface area contributed by atoms with E-state index in [1.807, 2.05) is 31.2 Å². The third-order valence-electron chi connectivity index (χ3n) is 7.22. The maximum absolute atomic E-state index is 14.1. The first-order valence-corrected chi connectivity index (χ1v) is 16.3. The van der Waals surface area contributed by atoms with Crippen LogP contribution >= 0.6 is 39.1 Å². The Hall–Kier alpha value is -2.59. The van der Waals surface area contributed by atoms with Crippen molar-refractivity contribution in [2.24, 2.45) is 0 Å². The summed E-state index contributed by atoms with van der Waals surface area (Å²) in [6, 6.07) is 17.6. The van der Waals surface area contributed by atoms with Crippen molar-refractivity contribution in [3.8, 4) is 0 Å². The smallest absolute Gasteiger partial charge is 0.264 e. The first-order valence-electron chi connectivity index (χ1n) is 13.3. The fraction of sp³-hybridized carbons (Fsp3) is 0.333. The quantitative estimate of drug-likeness (QED) is 0.257. The number of halogens is 3. The molecule has 0 heterocycles. The lowest BCUT2D eigenvalue weighted by Gasteiger charge is -2.32. The van der Waals surface area contributed by atoms with Crippen LogP contribution in [0.5, 0.6) is 0 Å². The number of rotatable bonds is 10. The molecule has 2 amide bonds. The minimum atomic E-state index is -4.25. The molecule has 218 valence electrons. The lowest BCUT2D eigenvalue weighted by molar-refractivity contribution is -0.139. The summed E-state index contributed by atoms with van der Waals surface area (Å²) in [7, 11) is -4.25. The minimum Gasteiger partial charge on any atom is -0.352 e. The summed E-state index contributed by atoms with van der Waals surface area (Å²) < 4.78 is 29.8. The lowest BCUT2D eigenvalue weighted by atomic mass is 10.1. The maximum Gasteiger partial charge on any atom is 0.264 e. The molecule has 11 heteroatoms. The van der Waals surface area contributed by atoms with Crippen LogP contribution in [0, 0.1) is 6.92 Å². The Balaban J connectivity index is 1.71. The highest BCUT2D eigenvalue weighted by atomic mass is 79.9. The second-order valence-corrected chi connectivity index (χ2v) is 13.8. The molecular weight excluding hydrogens is 649 g/mol. The number of nitrogens with one attached hydrogen (secondary N) is 1. The van der Waals surface area contributed by atoms with Gasteiger partial charge in [0.15, 0.2) is 0 Å². The number of anilines is 1. The Labute approximate surface area is 260 Å². The molecule has 0 unspecified atom stereocenters. The molecule has 1 saturated carbocycles. The predicted molar refractivity (Wildman–Crippen MR) is 167 cm³/mol. The van der Waals surface area contributed by atoms with Gasteiger partial charge in [0.05, 0.1) is 20.6 Å². The van der Waals surface area contributed by atoms with Gasteiger partial charge in [-0.2, -0.15) is 0 Å². The molecule has 7 nitrogen and oxygen atoms in total. The molecule has 3 aromatic rings. The number of carbonyl (C=O) groups is 2. The summed E-state index contributed by atoms with van der Waals surface area (Å²) in [4.78, 5) is 28.8. The largest absolute Gasteiger partial charge is 0.352 e. The molecule has 0 bridgehead atoms. The number of hydrogen-bond donors (Lipinski definition) is 1. The Morgan fingerprint density at radius 2 is 1.63 bits per heavy atom. The van der Waals surface area contributed by atoms with Crippen LogP contribution in [-0.4, -0.2) is 43.8 Å². The molecule has 0 spiro atoms. The van der Waals surface area contributed by atoms with Gasteiger partial charge in [0.1, 0.15) is 12.6 Å². The summed E-state index contributed by atoms with van der Waals surface area (Å²) >= 11 is 16.2. The summed E-state index contributed by atoms with van der Waals surface area (Å²) in [5.41, 5.74) is 1.74. The molecule has 1 fully saturated rings. The summed E-state index contributed by atoms with van der Waals surface area (Å²) in [6.45, 7) is 3.02. The first-order chi connectivity index (χ1) is 19.5. The summed E-state index contributed by atoms with van der Waals surface area (Å²) in [5.74, 6) is -0.843. The Kier molecular flexibility index (Phi) is 10.4. The molecule has 1 aliphatic rings. The molecule has 41 heavy (non-hydrogen) atoms. The van der Waals surface area contributed by atoms with Crippen molar-refractivity contribution in [1.82, 2.24) is 10.2 Å². The number of carbonyl (C=O) groups excluding carboxylic acids is 2. The van der Waals surface area contributed by atoms with Crippen molar-refractivity contribution >= 4 is 66.7 Å². The van der Waals surface area contributed by atoms with Gasteiger partial charge in [-0.15, -0.1) is 0 Å². The van der Waals surface area contributed by atoms with Crippen LogP contribution in [0.15, 0.2) is 76.1 Å². The van der Waals surface area contributed by atoms with Crippen molar-refractivity contribution in [3.05, 3.63) is 92.4 Å². The second-order valence-electron chi connectivity index (χ2n) is 10.2. The van der Waals surface area contributed by atoms with E-state index in [4.69, 9.17) is 23.2 Å². The normalized spacial score (nSPS) is 14.5. The van der Waals surface area contributed by atoms with Crippen LogP contribution in [0.1, 0.15) is 43.7 Å². The number of sulfonamides is 1. The molecule has 1 atom stereocenters. The Morgan fingerprint density at radius 3 is 2.27 bits per heavy atom. The van der Waals surface area contributed by atoms with Crippen LogP contribution in [0.25, 0.3) is 0 Å². The van der Waals surface area contributed by atoms with Crippen molar-refractivity contribution in [3.63, 3.8) is 0 Å². The highest BCUT2D eigenvalue weighted by Gasteiger charge is 2.34. The number of nitrogens with zero attached hydrogens (tertiary/aromatic N) is 2. The van der Waals surface area contributed by atoms with Crippen LogP contribution in [-0.2, 0) is 26.2 Å². The van der Waals surface area contributed by atoms with Gasteiger partial charge in [-0.25, -0.2) is 8.42 Å². The van der Waals surface area contributed by atoms with E-state index in [9.17, 15) is 18.0 Å². The van der Waals surface area contributed by atoms with E-state index in [2.05, 4.69) is 21.2 Å².